The summed E-state index contributed by atoms with van der Waals surface area (Å²) < 4.78 is 6.73. The summed E-state index contributed by atoms with van der Waals surface area (Å²) in [5, 5.41) is 22.2. The van der Waals surface area contributed by atoms with Crippen molar-refractivity contribution >= 4 is 19.2 Å². The van der Waals surface area contributed by atoms with Gasteiger partial charge in [-0.25, -0.2) is 0 Å². The summed E-state index contributed by atoms with van der Waals surface area (Å²) in [5.41, 5.74) is 4.44. The average Bonchev–Trinajstić information content (AvgIpc) is 3.10. The van der Waals surface area contributed by atoms with E-state index >= 15 is 0 Å². The van der Waals surface area contributed by atoms with Crippen molar-refractivity contribution in [1.29, 1.82) is 0 Å². The predicted molar refractivity (Wildman–Crippen MR) is 144 cm³/mol. The number of benzene rings is 1. The van der Waals surface area contributed by atoms with Crippen LogP contribution < -0.4 is 0 Å². The number of rotatable bonds is 7. The van der Waals surface area contributed by atoms with Gasteiger partial charge >= 0.3 is 0 Å². The first-order valence-corrected chi connectivity index (χ1v) is 16.1. The molecule has 1 aromatic carbocycles. The smallest absolute Gasteiger partial charge is 0.191 e. The van der Waals surface area contributed by atoms with Crippen LogP contribution in [-0.2, 0) is 16.3 Å². The highest BCUT2D eigenvalue weighted by molar-refractivity contribution is 6.74. The van der Waals surface area contributed by atoms with E-state index in [1.807, 2.05) is 13.8 Å². The maximum Gasteiger partial charge on any atom is 0.191 e. The molecule has 190 valence electrons. The van der Waals surface area contributed by atoms with E-state index in [9.17, 15) is 10.2 Å². The van der Waals surface area contributed by atoms with Crippen LogP contribution in [0.15, 0.2) is 18.2 Å². The van der Waals surface area contributed by atoms with Crippen molar-refractivity contribution in [3.05, 3.63) is 35.0 Å². The van der Waals surface area contributed by atoms with Gasteiger partial charge < -0.3 is 19.6 Å². The zero-order valence-electron chi connectivity index (χ0n) is 22.9. The van der Waals surface area contributed by atoms with E-state index in [1.165, 1.54) is 27.7 Å². The Morgan fingerprint density at radius 1 is 1.09 bits per heavy atom. The minimum atomic E-state index is -1.81. The number of nitrogens with one attached hydrogen (secondary N) is 1. The second-order valence-corrected chi connectivity index (χ2v) is 18.7. The van der Waals surface area contributed by atoms with Crippen LogP contribution >= 0.6 is 0 Å². The van der Waals surface area contributed by atoms with Crippen molar-refractivity contribution in [1.82, 2.24) is 4.98 Å². The molecule has 34 heavy (non-hydrogen) atoms. The topological polar surface area (TPSA) is 65.5 Å². The molecule has 4 rings (SSSR count). The quantitative estimate of drug-likeness (QED) is 0.392. The fourth-order valence-corrected chi connectivity index (χ4v) is 7.15. The van der Waals surface area contributed by atoms with Crippen LogP contribution in [0.5, 0.6) is 0 Å². The lowest BCUT2D eigenvalue weighted by Gasteiger charge is -2.56. The summed E-state index contributed by atoms with van der Waals surface area (Å²) in [6.07, 6.45) is 2.86. The Hall–Kier alpha value is -1.14. The fraction of sp³-hybridized carbons (Fsp3) is 0.724. The van der Waals surface area contributed by atoms with Gasteiger partial charge in [0, 0.05) is 35.2 Å². The van der Waals surface area contributed by atoms with E-state index in [1.54, 1.807) is 0 Å². The van der Waals surface area contributed by atoms with E-state index in [4.69, 9.17) is 4.43 Å². The van der Waals surface area contributed by atoms with Gasteiger partial charge in [0.1, 0.15) is 0 Å². The second-order valence-electron chi connectivity index (χ2n) is 13.9. The third-order valence-corrected chi connectivity index (χ3v) is 14.1. The number of hydrogen-bond donors (Lipinski definition) is 3. The van der Waals surface area contributed by atoms with Crippen LogP contribution in [-0.4, -0.2) is 42.3 Å². The number of aliphatic hydroxyl groups excluding tert-OH is 1. The molecule has 0 unspecified atom stereocenters. The van der Waals surface area contributed by atoms with Gasteiger partial charge in [0.05, 0.1) is 5.60 Å². The number of hydrogen-bond acceptors (Lipinski definition) is 3. The van der Waals surface area contributed by atoms with E-state index in [0.717, 1.165) is 25.9 Å². The van der Waals surface area contributed by atoms with Crippen LogP contribution in [0.1, 0.15) is 84.0 Å². The molecule has 1 aromatic heterocycles. The monoisotopic (exact) mass is 485 g/mol. The van der Waals surface area contributed by atoms with Gasteiger partial charge in [-0.05, 0) is 98.2 Å². The van der Waals surface area contributed by atoms with Crippen molar-refractivity contribution in [3.8, 4) is 0 Å². The second kappa shape index (κ2) is 8.47. The molecule has 5 heteroatoms. The number of aromatic nitrogens is 1. The molecule has 2 aliphatic carbocycles. The third-order valence-electron chi connectivity index (χ3n) is 9.62. The third kappa shape index (κ3) is 4.42. The van der Waals surface area contributed by atoms with Crippen molar-refractivity contribution < 1.29 is 14.6 Å². The Labute approximate surface area is 207 Å². The van der Waals surface area contributed by atoms with Gasteiger partial charge in [-0.3, -0.25) is 0 Å². The van der Waals surface area contributed by atoms with Crippen molar-refractivity contribution in [2.75, 3.05) is 13.2 Å². The molecule has 4 nitrogen and oxygen atoms in total. The Kier molecular flexibility index (Phi) is 6.46. The highest BCUT2D eigenvalue weighted by atomic mass is 28.4. The maximum atomic E-state index is 11.1. The maximum absolute atomic E-state index is 11.1. The van der Waals surface area contributed by atoms with Crippen molar-refractivity contribution in [2.45, 2.75) is 103 Å². The molecular formula is C29H47NO3Si. The SMILES string of the molecule is CC(C)(CCO)c1cc2c3c(ccc2[nH]1)C[C@H](CO[Si](C)(C)C(C)(C)C)[C@H]1C[C@H](C(C)(C)O)[C@@H]31. The number of aromatic amines is 1. The first-order chi connectivity index (χ1) is 15.6. The molecule has 0 spiro atoms. The largest absolute Gasteiger partial charge is 0.417 e. The molecule has 1 heterocycles. The minimum absolute atomic E-state index is 0.108. The normalized spacial score (nSPS) is 25.7. The minimum Gasteiger partial charge on any atom is -0.417 e. The first-order valence-electron chi connectivity index (χ1n) is 13.2. The Bertz CT molecular complexity index is 1040. The summed E-state index contributed by atoms with van der Waals surface area (Å²) in [4.78, 5) is 3.66. The molecular weight excluding hydrogens is 438 g/mol. The Morgan fingerprint density at radius 3 is 2.35 bits per heavy atom. The van der Waals surface area contributed by atoms with Gasteiger partial charge in [-0.2, -0.15) is 0 Å². The fourth-order valence-electron chi connectivity index (χ4n) is 6.09. The van der Waals surface area contributed by atoms with E-state index in [2.05, 4.69) is 70.9 Å². The predicted octanol–water partition coefficient (Wildman–Crippen LogP) is 6.51. The number of aliphatic hydroxyl groups is 2. The molecule has 3 N–H and O–H groups in total. The lowest BCUT2D eigenvalue weighted by Crippen LogP contribution is -2.53. The Morgan fingerprint density at radius 2 is 1.76 bits per heavy atom. The highest BCUT2D eigenvalue weighted by Crippen LogP contribution is 2.60. The van der Waals surface area contributed by atoms with Crippen LogP contribution in [0.4, 0.5) is 0 Å². The standard InChI is InChI=1S/C29H47NO3Si/c1-27(2,3)34(8,9)33-17-19-14-18-10-11-23-21(16-24(30-23)28(4,5)12-13-31)25(18)26-20(19)15-22(26)29(6,7)32/h10-11,16,19-20,22,26,30-32H,12-15,17H2,1-9H3/t19-,20-,22+,26+/m1/s1. The van der Waals surface area contributed by atoms with Gasteiger partial charge in [0.25, 0.3) is 0 Å². The molecule has 0 bridgehead atoms. The highest BCUT2D eigenvalue weighted by Gasteiger charge is 2.54. The first kappa shape index (κ1) is 25.9. The molecule has 2 aliphatic rings. The Balaban J connectivity index is 1.73. The van der Waals surface area contributed by atoms with E-state index < -0.39 is 13.9 Å². The van der Waals surface area contributed by atoms with Crippen LogP contribution in [0.25, 0.3) is 10.9 Å². The van der Waals surface area contributed by atoms with Crippen molar-refractivity contribution in [2.24, 2.45) is 17.8 Å². The number of H-pyrrole nitrogens is 1. The van der Waals surface area contributed by atoms with Crippen LogP contribution in [0.2, 0.25) is 18.1 Å². The van der Waals surface area contributed by atoms with Crippen LogP contribution in [0, 0.1) is 17.8 Å². The lowest BCUT2D eigenvalue weighted by molar-refractivity contribution is -0.0849. The molecule has 0 saturated heterocycles. The summed E-state index contributed by atoms with van der Waals surface area (Å²) in [6, 6.07) is 6.87. The molecule has 1 fully saturated rings. The molecule has 2 aromatic rings. The van der Waals surface area contributed by atoms with Gasteiger partial charge in [-0.1, -0.05) is 40.7 Å². The molecule has 1 saturated carbocycles. The zero-order valence-corrected chi connectivity index (χ0v) is 23.9. The van der Waals surface area contributed by atoms with Gasteiger partial charge in [0.15, 0.2) is 8.32 Å². The van der Waals surface area contributed by atoms with Crippen molar-refractivity contribution in [3.63, 3.8) is 0 Å². The summed E-state index contributed by atoms with van der Waals surface area (Å²) in [5.74, 6) is 1.70. The average molecular weight is 486 g/mol. The van der Waals surface area contributed by atoms with Gasteiger partial charge in [-0.15, -0.1) is 0 Å². The molecule has 4 atom stereocenters. The van der Waals surface area contributed by atoms with E-state index in [-0.39, 0.29) is 23.0 Å². The number of fused-ring (bicyclic) bond motifs is 5. The molecule has 0 aliphatic heterocycles. The summed E-state index contributed by atoms with van der Waals surface area (Å²) in [6.45, 7) is 21.0. The van der Waals surface area contributed by atoms with Gasteiger partial charge in [0.2, 0.25) is 0 Å². The summed E-state index contributed by atoms with van der Waals surface area (Å²) >= 11 is 0. The van der Waals surface area contributed by atoms with Crippen LogP contribution in [0.3, 0.4) is 0 Å². The summed E-state index contributed by atoms with van der Waals surface area (Å²) in [7, 11) is -1.81. The molecule has 0 amide bonds. The zero-order chi connectivity index (χ0) is 25.3. The van der Waals surface area contributed by atoms with E-state index in [0.29, 0.717) is 17.8 Å². The lowest BCUT2D eigenvalue weighted by atomic mass is 9.49. The molecule has 0 radical (unpaired) electrons.